The molecule has 1 amide bonds. The highest BCUT2D eigenvalue weighted by atomic mass is 35.5. The van der Waals surface area contributed by atoms with Gasteiger partial charge in [-0.2, -0.15) is 0 Å². The number of hydrogen-bond acceptors (Lipinski definition) is 3. The Morgan fingerprint density at radius 2 is 1.88 bits per heavy atom. The molecule has 0 fully saturated rings. The molecule has 0 aliphatic rings. The minimum atomic E-state index is -0.112. The van der Waals surface area contributed by atoms with Crippen molar-refractivity contribution in [3.63, 3.8) is 0 Å². The topological polar surface area (TPSA) is 38.3 Å². The van der Waals surface area contributed by atoms with E-state index in [0.29, 0.717) is 22.3 Å². The van der Waals surface area contributed by atoms with Crippen molar-refractivity contribution in [3.05, 3.63) is 80.5 Å². The van der Waals surface area contributed by atoms with Gasteiger partial charge in [-0.3, -0.25) is 4.79 Å². The molecule has 0 aliphatic heterocycles. The monoisotopic (exact) mass is 385 g/mol. The largest absolute Gasteiger partial charge is 0.487 e. The second-order valence-electron chi connectivity index (χ2n) is 6.05. The Bertz CT molecular complexity index is 903. The molecule has 0 bridgehead atoms. The molecule has 0 radical (unpaired) electrons. The second-order valence-corrected chi connectivity index (χ2v) is 7.36. The summed E-state index contributed by atoms with van der Waals surface area (Å²) in [6.45, 7) is 4.47. The van der Waals surface area contributed by atoms with E-state index < -0.39 is 0 Å². The van der Waals surface area contributed by atoms with E-state index in [4.69, 9.17) is 16.3 Å². The molecule has 1 heterocycles. The number of carbonyl (C=O) groups excluding carboxylic acids is 1. The molecule has 0 spiro atoms. The number of carbonyl (C=O) groups is 1. The van der Waals surface area contributed by atoms with E-state index in [1.54, 1.807) is 0 Å². The molecule has 26 heavy (non-hydrogen) atoms. The number of amides is 1. The summed E-state index contributed by atoms with van der Waals surface area (Å²) in [5, 5.41) is 5.43. The normalized spacial score (nSPS) is 10.6. The van der Waals surface area contributed by atoms with Gasteiger partial charge in [0.15, 0.2) is 0 Å². The van der Waals surface area contributed by atoms with Gasteiger partial charge >= 0.3 is 0 Å². The van der Waals surface area contributed by atoms with E-state index >= 15 is 0 Å². The van der Waals surface area contributed by atoms with Crippen LogP contribution in [0.5, 0.6) is 5.75 Å². The van der Waals surface area contributed by atoms with Crippen LogP contribution in [-0.4, -0.2) is 5.91 Å². The van der Waals surface area contributed by atoms with Crippen LogP contribution in [0, 0.1) is 6.92 Å². The van der Waals surface area contributed by atoms with E-state index in [-0.39, 0.29) is 5.91 Å². The van der Waals surface area contributed by atoms with Crippen molar-refractivity contribution in [2.24, 2.45) is 0 Å². The molecule has 0 atom stereocenters. The van der Waals surface area contributed by atoms with Crippen LogP contribution in [0.15, 0.2) is 53.9 Å². The van der Waals surface area contributed by atoms with Gasteiger partial charge < -0.3 is 10.1 Å². The first-order chi connectivity index (χ1) is 12.5. The van der Waals surface area contributed by atoms with E-state index in [1.165, 1.54) is 16.9 Å². The third-order valence-electron chi connectivity index (χ3n) is 3.98. The highest BCUT2D eigenvalue weighted by molar-refractivity contribution is 7.12. The van der Waals surface area contributed by atoms with E-state index in [1.807, 2.05) is 60.8 Å². The summed E-state index contributed by atoms with van der Waals surface area (Å²) < 4.78 is 5.78. The summed E-state index contributed by atoms with van der Waals surface area (Å²) >= 11 is 7.55. The van der Waals surface area contributed by atoms with Gasteiger partial charge in [-0.15, -0.1) is 11.3 Å². The van der Waals surface area contributed by atoms with Gasteiger partial charge in [0.25, 0.3) is 5.91 Å². The Morgan fingerprint density at radius 1 is 1.12 bits per heavy atom. The van der Waals surface area contributed by atoms with Crippen molar-refractivity contribution in [2.75, 3.05) is 5.32 Å². The fourth-order valence-corrected chi connectivity index (χ4v) is 3.43. The Morgan fingerprint density at radius 3 is 2.62 bits per heavy atom. The molecule has 3 rings (SSSR count). The van der Waals surface area contributed by atoms with Crippen molar-refractivity contribution < 1.29 is 9.53 Å². The van der Waals surface area contributed by atoms with Gasteiger partial charge in [0.1, 0.15) is 12.4 Å². The highest BCUT2D eigenvalue weighted by Gasteiger charge is 2.11. The van der Waals surface area contributed by atoms with Gasteiger partial charge in [-0.05, 0) is 60.2 Å². The molecule has 3 nitrogen and oxygen atoms in total. The van der Waals surface area contributed by atoms with Gasteiger partial charge in [0.2, 0.25) is 0 Å². The molecular formula is C21H20ClNO2S. The van der Waals surface area contributed by atoms with E-state index in [0.717, 1.165) is 23.2 Å². The van der Waals surface area contributed by atoms with Gasteiger partial charge in [0.05, 0.1) is 9.90 Å². The van der Waals surface area contributed by atoms with Crippen LogP contribution in [0.25, 0.3) is 0 Å². The Hall–Kier alpha value is -2.30. The van der Waals surface area contributed by atoms with Crippen molar-refractivity contribution in [3.8, 4) is 5.75 Å². The van der Waals surface area contributed by atoms with Crippen molar-refractivity contribution in [1.29, 1.82) is 0 Å². The predicted molar refractivity (Wildman–Crippen MR) is 109 cm³/mol. The second kappa shape index (κ2) is 8.39. The van der Waals surface area contributed by atoms with Crippen molar-refractivity contribution >= 4 is 34.5 Å². The average Bonchev–Trinajstić information content (AvgIpc) is 3.12. The zero-order valence-corrected chi connectivity index (χ0v) is 16.3. The minimum Gasteiger partial charge on any atom is -0.487 e. The van der Waals surface area contributed by atoms with Crippen LogP contribution in [-0.2, 0) is 13.0 Å². The van der Waals surface area contributed by atoms with Crippen LogP contribution >= 0.6 is 22.9 Å². The van der Waals surface area contributed by atoms with Crippen LogP contribution < -0.4 is 10.1 Å². The molecule has 1 N–H and O–H groups in total. The Labute approximate surface area is 162 Å². The number of hydrogen-bond donors (Lipinski definition) is 1. The summed E-state index contributed by atoms with van der Waals surface area (Å²) in [6.07, 6.45) is 0.980. The Kier molecular flexibility index (Phi) is 5.96. The Balaban J connectivity index is 1.61. The lowest BCUT2D eigenvalue weighted by Gasteiger charge is -2.07. The lowest BCUT2D eigenvalue weighted by molar-refractivity contribution is 0.103. The quantitative estimate of drug-likeness (QED) is 0.556. The summed E-state index contributed by atoms with van der Waals surface area (Å²) in [6, 6.07) is 15.4. The SMILES string of the molecule is CCc1ccc(NC(=O)c2cc(COc3cc(C)ccc3Cl)cs2)cc1. The fourth-order valence-electron chi connectivity index (χ4n) is 2.47. The zero-order valence-electron chi connectivity index (χ0n) is 14.7. The molecule has 134 valence electrons. The lowest BCUT2D eigenvalue weighted by atomic mass is 10.1. The van der Waals surface area contributed by atoms with E-state index in [9.17, 15) is 4.79 Å². The van der Waals surface area contributed by atoms with Crippen LogP contribution in [0.4, 0.5) is 5.69 Å². The number of anilines is 1. The van der Waals surface area contributed by atoms with Crippen LogP contribution in [0.1, 0.15) is 33.3 Å². The van der Waals surface area contributed by atoms with Gasteiger partial charge in [-0.1, -0.05) is 36.7 Å². The number of benzene rings is 2. The number of ether oxygens (including phenoxy) is 1. The molecule has 2 aromatic carbocycles. The van der Waals surface area contributed by atoms with E-state index in [2.05, 4.69) is 12.2 Å². The summed E-state index contributed by atoms with van der Waals surface area (Å²) in [5.41, 5.74) is 4.07. The molecule has 1 aromatic heterocycles. The molecule has 5 heteroatoms. The number of rotatable bonds is 6. The zero-order chi connectivity index (χ0) is 18.5. The number of nitrogens with one attached hydrogen (secondary N) is 1. The third kappa shape index (κ3) is 4.65. The fraction of sp³-hybridized carbons (Fsp3) is 0.190. The maximum Gasteiger partial charge on any atom is 0.265 e. The molecule has 3 aromatic rings. The van der Waals surface area contributed by atoms with Crippen LogP contribution in [0.3, 0.4) is 0 Å². The first-order valence-corrected chi connectivity index (χ1v) is 9.67. The summed E-state index contributed by atoms with van der Waals surface area (Å²) in [4.78, 5) is 13.0. The predicted octanol–water partition coefficient (Wildman–Crippen LogP) is 6.10. The first-order valence-electron chi connectivity index (χ1n) is 8.42. The average molecular weight is 386 g/mol. The molecule has 0 saturated carbocycles. The van der Waals surface area contributed by atoms with Crippen molar-refractivity contribution in [1.82, 2.24) is 0 Å². The smallest absolute Gasteiger partial charge is 0.265 e. The maximum atomic E-state index is 12.4. The van der Waals surface area contributed by atoms with Gasteiger partial charge in [-0.25, -0.2) is 0 Å². The standard InChI is InChI=1S/C21H20ClNO2S/c1-3-15-5-7-17(8-6-15)23-21(24)20-11-16(13-26-20)12-25-19-10-14(2)4-9-18(19)22/h4-11,13H,3,12H2,1-2H3,(H,23,24). The molecular weight excluding hydrogens is 366 g/mol. The number of halogens is 1. The summed E-state index contributed by atoms with van der Waals surface area (Å²) in [5.74, 6) is 0.541. The molecule has 0 aliphatic carbocycles. The molecule has 0 saturated heterocycles. The first kappa shape index (κ1) is 18.5. The van der Waals surface area contributed by atoms with Crippen molar-refractivity contribution in [2.45, 2.75) is 26.9 Å². The minimum absolute atomic E-state index is 0.112. The van der Waals surface area contributed by atoms with Gasteiger partial charge in [0, 0.05) is 11.3 Å². The van der Waals surface area contributed by atoms with Crippen LogP contribution in [0.2, 0.25) is 5.02 Å². The summed E-state index contributed by atoms with van der Waals surface area (Å²) in [7, 11) is 0. The maximum absolute atomic E-state index is 12.4. The highest BCUT2D eigenvalue weighted by Crippen LogP contribution is 2.27. The lowest BCUT2D eigenvalue weighted by Crippen LogP contribution is -2.10. The third-order valence-corrected chi connectivity index (χ3v) is 5.27. The molecule has 0 unspecified atom stereocenters. The number of thiophene rings is 1. The number of aryl methyl sites for hydroxylation is 2.